The number of benzene rings is 2. The van der Waals surface area contributed by atoms with Crippen molar-refractivity contribution in [2.24, 2.45) is 4.99 Å². The van der Waals surface area contributed by atoms with E-state index in [0.717, 1.165) is 12.0 Å². The molecule has 204 valence electrons. The molecule has 0 unspecified atom stereocenters. The number of nitrogens with zero attached hydrogens (tertiary/aromatic N) is 3. The van der Waals surface area contributed by atoms with Gasteiger partial charge in [0.2, 0.25) is 0 Å². The van der Waals surface area contributed by atoms with Gasteiger partial charge in [-0.3, -0.25) is 19.5 Å². The molecule has 2 aromatic carbocycles. The number of hydrogen-bond acceptors (Lipinski definition) is 9. The summed E-state index contributed by atoms with van der Waals surface area (Å²) in [6.07, 6.45) is 3.41. The molecule has 0 fully saturated rings. The number of carbonyl (C=O) groups is 1. The van der Waals surface area contributed by atoms with Crippen molar-refractivity contribution in [1.82, 2.24) is 4.57 Å². The molecule has 0 spiro atoms. The topological polar surface area (TPSA) is 122 Å². The maximum Gasteiger partial charge on any atom is 0.338 e. The van der Waals surface area contributed by atoms with E-state index in [2.05, 4.69) is 4.99 Å². The number of nitro groups is 1. The second-order valence-corrected chi connectivity index (χ2v) is 9.74. The first kappa shape index (κ1) is 27.8. The third-order valence-corrected chi connectivity index (χ3v) is 7.23. The van der Waals surface area contributed by atoms with Crippen LogP contribution in [0.1, 0.15) is 50.8 Å². The minimum atomic E-state index is -1.10. The number of unbranched alkanes of at least 4 members (excludes halogenated alkanes) is 1. The van der Waals surface area contributed by atoms with Crippen LogP contribution in [0.2, 0.25) is 0 Å². The van der Waals surface area contributed by atoms with Crippen molar-refractivity contribution in [3.05, 3.63) is 89.0 Å². The zero-order chi connectivity index (χ0) is 28.1. The Hall–Kier alpha value is -4.25. The number of esters is 1. The van der Waals surface area contributed by atoms with Gasteiger partial charge in [-0.05, 0) is 31.9 Å². The van der Waals surface area contributed by atoms with Crippen LogP contribution in [0.15, 0.2) is 57.8 Å². The highest BCUT2D eigenvalue weighted by atomic mass is 32.1. The normalized spacial score (nSPS) is 15.0. The van der Waals surface area contributed by atoms with Gasteiger partial charge >= 0.3 is 5.97 Å². The quantitative estimate of drug-likeness (QED) is 0.211. The van der Waals surface area contributed by atoms with Crippen molar-refractivity contribution in [3.8, 4) is 11.5 Å². The number of thiazole rings is 1. The predicted octanol–water partition coefficient (Wildman–Crippen LogP) is 4.15. The number of rotatable bonds is 10. The minimum absolute atomic E-state index is 0.0504. The summed E-state index contributed by atoms with van der Waals surface area (Å²) in [5.41, 5.74) is 0.780. The molecule has 11 heteroatoms. The van der Waals surface area contributed by atoms with Gasteiger partial charge < -0.3 is 14.2 Å². The number of aromatic nitrogens is 1. The molecule has 1 aliphatic rings. The number of nitro benzene ring substituents is 1. The van der Waals surface area contributed by atoms with Gasteiger partial charge in [0.1, 0.15) is 12.6 Å². The lowest BCUT2D eigenvalue weighted by atomic mass is 9.94. The van der Waals surface area contributed by atoms with E-state index in [0.29, 0.717) is 21.5 Å². The van der Waals surface area contributed by atoms with Crippen LogP contribution in [0.5, 0.6) is 11.5 Å². The SMILES string of the molecule is CCC/C=c1\sc2n(c1=O)C(C)=C(C(=O)OCC)[C@@H](c1cc(OC)c(OCc3ccccc3)cc1[N+](=O)[O-])N=2. The van der Waals surface area contributed by atoms with Gasteiger partial charge in [-0.25, -0.2) is 9.79 Å². The van der Waals surface area contributed by atoms with Gasteiger partial charge in [0, 0.05) is 5.70 Å². The maximum atomic E-state index is 13.2. The zero-order valence-corrected chi connectivity index (χ0v) is 22.9. The van der Waals surface area contributed by atoms with E-state index in [9.17, 15) is 19.7 Å². The van der Waals surface area contributed by atoms with Crippen LogP contribution in [0, 0.1) is 10.1 Å². The molecule has 0 saturated heterocycles. The summed E-state index contributed by atoms with van der Waals surface area (Å²) in [6, 6.07) is 11.0. The third kappa shape index (κ3) is 5.63. The zero-order valence-electron chi connectivity index (χ0n) is 22.1. The monoisotopic (exact) mass is 551 g/mol. The Morgan fingerprint density at radius 2 is 1.95 bits per heavy atom. The molecule has 1 atom stereocenters. The van der Waals surface area contributed by atoms with E-state index >= 15 is 0 Å². The molecule has 0 aliphatic carbocycles. The molecule has 0 N–H and O–H groups in total. The first-order valence-electron chi connectivity index (χ1n) is 12.5. The molecule has 4 rings (SSSR count). The first-order valence-corrected chi connectivity index (χ1v) is 13.3. The highest BCUT2D eigenvalue weighted by molar-refractivity contribution is 7.07. The molecule has 39 heavy (non-hydrogen) atoms. The second-order valence-electron chi connectivity index (χ2n) is 8.73. The number of carbonyl (C=O) groups excluding carboxylic acids is 1. The molecule has 10 nitrogen and oxygen atoms in total. The van der Waals surface area contributed by atoms with Crippen LogP contribution in [0.3, 0.4) is 0 Å². The number of ether oxygens (including phenoxy) is 3. The van der Waals surface area contributed by atoms with E-state index < -0.39 is 16.9 Å². The van der Waals surface area contributed by atoms with Gasteiger partial charge in [0.05, 0.1) is 40.4 Å². The lowest BCUT2D eigenvalue weighted by molar-refractivity contribution is -0.385. The van der Waals surface area contributed by atoms with E-state index in [-0.39, 0.29) is 47.1 Å². The minimum Gasteiger partial charge on any atom is -0.493 e. The average molecular weight is 552 g/mol. The van der Waals surface area contributed by atoms with E-state index in [1.807, 2.05) is 43.3 Å². The molecular formula is C28H29N3O7S. The van der Waals surface area contributed by atoms with E-state index in [1.165, 1.54) is 35.1 Å². The van der Waals surface area contributed by atoms with Gasteiger partial charge in [0.25, 0.3) is 11.2 Å². The molecule has 0 radical (unpaired) electrons. The molecule has 0 bridgehead atoms. The number of hydrogen-bond donors (Lipinski definition) is 0. The molecule has 2 heterocycles. The summed E-state index contributed by atoms with van der Waals surface area (Å²) < 4.78 is 18.6. The summed E-state index contributed by atoms with van der Waals surface area (Å²) in [4.78, 5) is 43.1. The van der Waals surface area contributed by atoms with Crippen molar-refractivity contribution < 1.29 is 23.9 Å². The Kier molecular flexibility index (Phi) is 8.60. The van der Waals surface area contributed by atoms with Gasteiger partial charge in [0.15, 0.2) is 16.3 Å². The fraction of sp³-hybridized carbons (Fsp3) is 0.321. The third-order valence-electron chi connectivity index (χ3n) is 6.20. The van der Waals surface area contributed by atoms with E-state index in [4.69, 9.17) is 14.2 Å². The molecule has 1 aliphatic heterocycles. The summed E-state index contributed by atoms with van der Waals surface area (Å²) in [5, 5.41) is 12.3. The first-order chi connectivity index (χ1) is 18.8. The van der Waals surface area contributed by atoms with Crippen LogP contribution in [-0.4, -0.2) is 29.2 Å². The summed E-state index contributed by atoms with van der Waals surface area (Å²) >= 11 is 1.18. The maximum absolute atomic E-state index is 13.2. The Morgan fingerprint density at radius 1 is 1.21 bits per heavy atom. The smallest absolute Gasteiger partial charge is 0.338 e. The predicted molar refractivity (Wildman–Crippen MR) is 147 cm³/mol. The molecule has 0 saturated carbocycles. The molecule has 1 aromatic heterocycles. The standard InChI is InChI=1S/C28H29N3O7S/c1-5-7-13-23-26(32)30-17(3)24(27(33)37-6-2)25(29-28(30)39-23)19-14-21(36-4)22(15-20(19)31(34)35)38-16-18-11-9-8-10-12-18/h8-15,25H,5-7,16H2,1-4H3/b23-13-/t25-/m1/s1. The summed E-state index contributed by atoms with van der Waals surface area (Å²) in [6.45, 7) is 5.54. The largest absolute Gasteiger partial charge is 0.493 e. The second kappa shape index (κ2) is 12.1. The van der Waals surface area contributed by atoms with E-state index in [1.54, 1.807) is 13.8 Å². The van der Waals surface area contributed by atoms with Crippen molar-refractivity contribution in [3.63, 3.8) is 0 Å². The fourth-order valence-corrected chi connectivity index (χ4v) is 5.35. The Labute approximate surface area is 228 Å². The van der Waals surface area contributed by atoms with Gasteiger partial charge in [-0.2, -0.15) is 0 Å². The molecular weight excluding hydrogens is 522 g/mol. The van der Waals surface area contributed by atoms with Gasteiger partial charge in [-0.15, -0.1) is 0 Å². The lowest BCUT2D eigenvalue weighted by Gasteiger charge is -2.23. The van der Waals surface area contributed by atoms with Crippen LogP contribution >= 0.6 is 11.3 Å². The Morgan fingerprint density at radius 3 is 2.59 bits per heavy atom. The Balaban J connectivity index is 1.91. The lowest BCUT2D eigenvalue weighted by Crippen LogP contribution is -2.35. The number of allylic oxidation sites excluding steroid dienone is 1. The highest BCUT2D eigenvalue weighted by Gasteiger charge is 2.36. The van der Waals surface area contributed by atoms with Crippen molar-refractivity contribution >= 4 is 34.8 Å². The molecule has 0 amide bonds. The Bertz CT molecular complexity index is 1610. The summed E-state index contributed by atoms with van der Waals surface area (Å²) in [7, 11) is 1.43. The average Bonchev–Trinajstić information content (AvgIpc) is 3.25. The van der Waals surface area contributed by atoms with Crippen LogP contribution in [-0.2, 0) is 16.1 Å². The van der Waals surface area contributed by atoms with Crippen LogP contribution < -0.4 is 24.4 Å². The summed E-state index contributed by atoms with van der Waals surface area (Å²) in [5.74, 6) is -0.284. The van der Waals surface area contributed by atoms with Crippen LogP contribution in [0.25, 0.3) is 11.8 Å². The van der Waals surface area contributed by atoms with Crippen molar-refractivity contribution in [2.45, 2.75) is 46.3 Å². The van der Waals surface area contributed by atoms with Crippen molar-refractivity contribution in [1.29, 1.82) is 0 Å². The van der Waals surface area contributed by atoms with Crippen LogP contribution in [0.4, 0.5) is 5.69 Å². The number of fused-ring (bicyclic) bond motifs is 1. The molecule has 3 aromatic rings. The number of methoxy groups -OCH3 is 1. The van der Waals surface area contributed by atoms with Gasteiger partial charge in [-0.1, -0.05) is 61.1 Å². The highest BCUT2D eigenvalue weighted by Crippen LogP contribution is 2.43. The fourth-order valence-electron chi connectivity index (χ4n) is 4.31. The van der Waals surface area contributed by atoms with Crippen molar-refractivity contribution in [2.75, 3.05) is 13.7 Å².